The number of nitrogens with one attached hydrogen (secondary N) is 1. The third-order valence-corrected chi connectivity index (χ3v) is 5.40. The van der Waals surface area contributed by atoms with Gasteiger partial charge in [0.2, 0.25) is 11.8 Å². The van der Waals surface area contributed by atoms with Crippen molar-refractivity contribution in [2.24, 2.45) is 11.7 Å². The molecule has 3 N–H and O–H groups in total. The molecule has 2 amide bonds. The summed E-state index contributed by atoms with van der Waals surface area (Å²) < 4.78 is 0. The van der Waals surface area contributed by atoms with Gasteiger partial charge in [0, 0.05) is 17.3 Å². The summed E-state index contributed by atoms with van der Waals surface area (Å²) in [4.78, 5) is 27.1. The number of rotatable bonds is 5. The van der Waals surface area contributed by atoms with Crippen molar-refractivity contribution in [1.82, 2.24) is 4.90 Å². The van der Waals surface area contributed by atoms with Crippen molar-refractivity contribution in [1.29, 1.82) is 0 Å². The molecule has 0 radical (unpaired) electrons. The van der Waals surface area contributed by atoms with Gasteiger partial charge >= 0.3 is 0 Å². The first kappa shape index (κ1) is 20.4. The number of amides is 2. The second-order valence-corrected chi connectivity index (χ2v) is 7.97. The Bertz CT molecular complexity index is 851. The van der Waals surface area contributed by atoms with Crippen molar-refractivity contribution < 1.29 is 9.59 Å². The molecule has 6 heteroatoms. The highest BCUT2D eigenvalue weighted by molar-refractivity contribution is 6.30. The van der Waals surface area contributed by atoms with Crippen molar-refractivity contribution in [3.63, 3.8) is 0 Å². The summed E-state index contributed by atoms with van der Waals surface area (Å²) in [6, 6.07) is 14.1. The minimum absolute atomic E-state index is 0.0351. The molecule has 1 fully saturated rings. The SMILES string of the molecule is CC(C)C(N)C(=O)N1CCCC1C(=O)Nc1cccc(-c2ccc(Cl)cc2)c1. The van der Waals surface area contributed by atoms with Crippen LogP contribution in [0.2, 0.25) is 5.02 Å². The first-order valence-electron chi connectivity index (χ1n) is 9.59. The molecular weight excluding hydrogens is 374 g/mol. The van der Waals surface area contributed by atoms with Crippen molar-refractivity contribution in [3.8, 4) is 11.1 Å². The smallest absolute Gasteiger partial charge is 0.247 e. The van der Waals surface area contributed by atoms with Crippen molar-refractivity contribution in [3.05, 3.63) is 53.6 Å². The van der Waals surface area contributed by atoms with Gasteiger partial charge in [-0.2, -0.15) is 0 Å². The van der Waals surface area contributed by atoms with Crippen molar-refractivity contribution in [2.75, 3.05) is 11.9 Å². The molecule has 3 rings (SSSR count). The second kappa shape index (κ2) is 8.76. The first-order chi connectivity index (χ1) is 13.4. The monoisotopic (exact) mass is 399 g/mol. The molecule has 1 heterocycles. The maximum absolute atomic E-state index is 12.9. The van der Waals surface area contributed by atoms with E-state index in [-0.39, 0.29) is 17.7 Å². The average Bonchev–Trinajstić information content (AvgIpc) is 3.17. The molecule has 1 saturated heterocycles. The van der Waals surface area contributed by atoms with Crippen LogP contribution < -0.4 is 11.1 Å². The number of carbonyl (C=O) groups excluding carboxylic acids is 2. The van der Waals surface area contributed by atoms with Gasteiger partial charge in [-0.25, -0.2) is 0 Å². The second-order valence-electron chi connectivity index (χ2n) is 7.54. The van der Waals surface area contributed by atoms with Gasteiger partial charge in [-0.1, -0.05) is 49.7 Å². The van der Waals surface area contributed by atoms with Crippen LogP contribution >= 0.6 is 11.6 Å². The summed E-state index contributed by atoms with van der Waals surface area (Å²) >= 11 is 5.95. The fraction of sp³-hybridized carbons (Fsp3) is 0.364. The zero-order valence-corrected chi connectivity index (χ0v) is 16.9. The molecule has 0 saturated carbocycles. The minimum atomic E-state index is -0.582. The largest absolute Gasteiger partial charge is 0.329 e. The molecule has 148 valence electrons. The van der Waals surface area contributed by atoms with Crippen molar-refractivity contribution in [2.45, 2.75) is 38.8 Å². The average molecular weight is 400 g/mol. The Kier molecular flexibility index (Phi) is 6.37. The van der Waals surface area contributed by atoms with Gasteiger partial charge in [-0.05, 0) is 54.2 Å². The van der Waals surface area contributed by atoms with Crippen LogP contribution in [0.4, 0.5) is 5.69 Å². The number of carbonyl (C=O) groups is 2. The van der Waals surface area contributed by atoms with E-state index in [9.17, 15) is 9.59 Å². The number of anilines is 1. The molecule has 28 heavy (non-hydrogen) atoms. The third kappa shape index (κ3) is 4.54. The van der Waals surface area contributed by atoms with Crippen LogP contribution in [0.3, 0.4) is 0 Å². The Labute approximate surface area is 170 Å². The predicted octanol–water partition coefficient (Wildman–Crippen LogP) is 3.92. The quantitative estimate of drug-likeness (QED) is 0.800. The summed E-state index contributed by atoms with van der Waals surface area (Å²) in [6.45, 7) is 4.40. The lowest BCUT2D eigenvalue weighted by Gasteiger charge is -2.28. The fourth-order valence-electron chi connectivity index (χ4n) is 3.42. The standard InChI is InChI=1S/C22H26ClN3O2/c1-14(2)20(24)22(28)26-12-4-7-19(26)21(27)25-18-6-3-5-16(13-18)15-8-10-17(23)11-9-15/h3,5-6,8-11,13-14,19-20H,4,7,12,24H2,1-2H3,(H,25,27). The van der Waals surface area contributed by atoms with E-state index in [1.54, 1.807) is 4.90 Å². The normalized spacial score (nSPS) is 17.6. The van der Waals surface area contributed by atoms with E-state index >= 15 is 0 Å². The van der Waals surface area contributed by atoms with E-state index in [0.717, 1.165) is 17.5 Å². The van der Waals surface area contributed by atoms with Gasteiger partial charge in [-0.3, -0.25) is 9.59 Å². The minimum Gasteiger partial charge on any atom is -0.329 e. The first-order valence-corrected chi connectivity index (χ1v) is 9.97. The van der Waals surface area contributed by atoms with E-state index < -0.39 is 12.1 Å². The van der Waals surface area contributed by atoms with Gasteiger partial charge in [-0.15, -0.1) is 0 Å². The summed E-state index contributed by atoms with van der Waals surface area (Å²) in [6.07, 6.45) is 1.46. The summed E-state index contributed by atoms with van der Waals surface area (Å²) in [5, 5.41) is 3.64. The molecule has 2 aromatic rings. The van der Waals surface area contributed by atoms with Crippen molar-refractivity contribution >= 4 is 29.1 Å². The Balaban J connectivity index is 1.73. The summed E-state index contributed by atoms with van der Waals surface area (Å²) in [5.41, 5.74) is 8.71. The molecule has 5 nitrogen and oxygen atoms in total. The summed E-state index contributed by atoms with van der Waals surface area (Å²) in [7, 11) is 0. The lowest BCUT2D eigenvalue weighted by Crippen LogP contribution is -2.51. The molecule has 2 atom stereocenters. The van der Waals surface area contributed by atoms with Gasteiger partial charge in [0.25, 0.3) is 0 Å². The zero-order chi connectivity index (χ0) is 20.3. The number of hydrogen-bond donors (Lipinski definition) is 2. The molecule has 0 aliphatic carbocycles. The van der Waals surface area contributed by atoms with Crippen LogP contribution in [0, 0.1) is 5.92 Å². The lowest BCUT2D eigenvalue weighted by molar-refractivity contribution is -0.138. The maximum atomic E-state index is 12.9. The fourth-order valence-corrected chi connectivity index (χ4v) is 3.55. The van der Waals surface area contributed by atoms with E-state index in [1.807, 2.05) is 62.4 Å². The number of halogens is 1. The van der Waals surface area contributed by atoms with Gasteiger partial charge in [0.05, 0.1) is 6.04 Å². The molecule has 2 unspecified atom stereocenters. The Morgan fingerprint density at radius 2 is 1.86 bits per heavy atom. The Hall–Kier alpha value is -2.37. The molecule has 1 aliphatic rings. The van der Waals surface area contributed by atoms with Crippen LogP contribution in [0.15, 0.2) is 48.5 Å². The summed E-state index contributed by atoms with van der Waals surface area (Å²) in [5.74, 6) is -0.287. The maximum Gasteiger partial charge on any atom is 0.247 e. The molecule has 0 spiro atoms. The van der Waals surface area contributed by atoms with Crippen LogP contribution in [-0.4, -0.2) is 35.3 Å². The van der Waals surface area contributed by atoms with Gasteiger partial charge in [0.1, 0.15) is 6.04 Å². The van der Waals surface area contributed by atoms with Crippen LogP contribution in [-0.2, 0) is 9.59 Å². The zero-order valence-electron chi connectivity index (χ0n) is 16.2. The number of benzene rings is 2. The number of hydrogen-bond acceptors (Lipinski definition) is 3. The van der Waals surface area contributed by atoms with Gasteiger partial charge < -0.3 is 16.0 Å². The predicted molar refractivity (Wildman–Crippen MR) is 113 cm³/mol. The molecule has 1 aliphatic heterocycles. The van der Waals surface area contributed by atoms with Crippen LogP contribution in [0.5, 0.6) is 0 Å². The number of nitrogens with two attached hydrogens (primary N) is 1. The molecule has 0 aromatic heterocycles. The molecule has 0 bridgehead atoms. The van der Waals surface area contributed by atoms with Crippen LogP contribution in [0.25, 0.3) is 11.1 Å². The van der Waals surface area contributed by atoms with E-state index in [1.165, 1.54) is 0 Å². The van der Waals surface area contributed by atoms with E-state index in [2.05, 4.69) is 5.32 Å². The highest BCUT2D eigenvalue weighted by Gasteiger charge is 2.36. The van der Waals surface area contributed by atoms with E-state index in [4.69, 9.17) is 17.3 Å². The molecule has 2 aromatic carbocycles. The Morgan fingerprint density at radius 3 is 2.54 bits per heavy atom. The van der Waals surface area contributed by atoms with Crippen LogP contribution in [0.1, 0.15) is 26.7 Å². The highest BCUT2D eigenvalue weighted by Crippen LogP contribution is 2.26. The molecular formula is C22H26ClN3O2. The Morgan fingerprint density at radius 1 is 1.14 bits per heavy atom. The topological polar surface area (TPSA) is 75.4 Å². The highest BCUT2D eigenvalue weighted by atomic mass is 35.5. The third-order valence-electron chi connectivity index (χ3n) is 5.15. The lowest BCUT2D eigenvalue weighted by atomic mass is 10.0. The van der Waals surface area contributed by atoms with Gasteiger partial charge in [0.15, 0.2) is 0 Å². The number of nitrogens with zero attached hydrogens (tertiary/aromatic N) is 1. The number of likely N-dealkylation sites (tertiary alicyclic amines) is 1. The van der Waals surface area contributed by atoms with E-state index in [0.29, 0.717) is 23.7 Å².